The van der Waals surface area contributed by atoms with Crippen molar-refractivity contribution in [3.05, 3.63) is 22.7 Å². The molecule has 0 fully saturated rings. The Balaban J connectivity index is 2.89. The maximum atomic E-state index is 11.8. The molecule has 1 rings (SSSR count). The first-order chi connectivity index (χ1) is 9.15. The summed E-state index contributed by atoms with van der Waals surface area (Å²) in [5, 5.41) is 4.98. The fourth-order valence-corrected chi connectivity index (χ4v) is 3.78. The second-order valence-corrected chi connectivity index (χ2v) is 8.21. The number of sulfonamides is 2. The first kappa shape index (κ1) is 17.4. The Labute approximate surface area is 126 Å². The second kappa shape index (κ2) is 6.85. The van der Waals surface area contributed by atoms with E-state index < -0.39 is 20.0 Å². The van der Waals surface area contributed by atoms with E-state index in [1.165, 1.54) is 25.3 Å². The summed E-state index contributed by atoms with van der Waals surface area (Å²) in [6.07, 6.45) is 0.360. The fourth-order valence-electron chi connectivity index (χ4n) is 1.37. The molecule has 0 heterocycles. The van der Waals surface area contributed by atoms with Crippen LogP contribution in [0.2, 0.25) is 0 Å². The van der Waals surface area contributed by atoms with E-state index in [-0.39, 0.29) is 16.3 Å². The van der Waals surface area contributed by atoms with Crippen molar-refractivity contribution in [2.75, 3.05) is 24.2 Å². The molecule has 7 nitrogen and oxygen atoms in total. The van der Waals surface area contributed by atoms with Crippen molar-refractivity contribution in [2.24, 2.45) is 5.14 Å². The predicted molar refractivity (Wildman–Crippen MR) is 79.4 cm³/mol. The number of hydrogen-bond donors (Lipinski definition) is 2. The van der Waals surface area contributed by atoms with Gasteiger partial charge in [0.1, 0.15) is 0 Å². The van der Waals surface area contributed by atoms with Crippen molar-refractivity contribution in [2.45, 2.75) is 11.3 Å². The van der Waals surface area contributed by atoms with Gasteiger partial charge in [-0.05, 0) is 40.5 Å². The van der Waals surface area contributed by atoms with Crippen molar-refractivity contribution in [3.63, 3.8) is 0 Å². The molecule has 0 spiro atoms. The lowest BCUT2D eigenvalue weighted by molar-refractivity contribution is 0.199. The van der Waals surface area contributed by atoms with Crippen LogP contribution in [-0.2, 0) is 24.8 Å². The molecule has 0 bridgehead atoms. The van der Waals surface area contributed by atoms with Crippen LogP contribution in [-0.4, -0.2) is 36.3 Å². The lowest BCUT2D eigenvalue weighted by Gasteiger charge is -2.10. The smallest absolute Gasteiger partial charge is 0.238 e. The Bertz CT molecular complexity index is 673. The summed E-state index contributed by atoms with van der Waals surface area (Å²) in [7, 11) is -5.86. The molecule has 0 atom stereocenters. The maximum Gasteiger partial charge on any atom is 0.238 e. The number of hydrogen-bond acceptors (Lipinski definition) is 5. The molecule has 20 heavy (non-hydrogen) atoms. The van der Waals surface area contributed by atoms with Crippen LogP contribution in [0.15, 0.2) is 27.6 Å². The third kappa shape index (κ3) is 5.37. The van der Waals surface area contributed by atoms with Crippen molar-refractivity contribution >= 4 is 41.7 Å². The van der Waals surface area contributed by atoms with Crippen molar-refractivity contribution in [1.29, 1.82) is 0 Å². The highest BCUT2D eigenvalue weighted by atomic mass is 79.9. The van der Waals surface area contributed by atoms with Gasteiger partial charge >= 0.3 is 0 Å². The SMILES string of the molecule is COCCCS(=O)(=O)Nc1ccc(S(N)(=O)=O)cc1Br. The molecule has 3 N–H and O–H groups in total. The van der Waals surface area contributed by atoms with E-state index in [9.17, 15) is 16.8 Å². The van der Waals surface area contributed by atoms with Gasteiger partial charge in [0.05, 0.1) is 16.3 Å². The number of benzene rings is 1. The molecule has 0 saturated carbocycles. The van der Waals surface area contributed by atoms with E-state index in [1.807, 2.05) is 0 Å². The predicted octanol–water partition coefficient (Wildman–Crippen LogP) is 0.875. The van der Waals surface area contributed by atoms with Gasteiger partial charge in [0.15, 0.2) is 0 Å². The molecular weight excluding hydrogens is 372 g/mol. The Morgan fingerprint density at radius 1 is 1.30 bits per heavy atom. The number of primary sulfonamides is 1. The van der Waals surface area contributed by atoms with Gasteiger partial charge in [-0.1, -0.05) is 0 Å². The first-order valence-electron chi connectivity index (χ1n) is 5.47. The number of methoxy groups -OCH3 is 1. The van der Waals surface area contributed by atoms with Gasteiger partial charge in [0.25, 0.3) is 0 Å². The second-order valence-electron chi connectivity index (χ2n) is 3.95. The van der Waals surface area contributed by atoms with E-state index in [0.29, 0.717) is 17.5 Å². The van der Waals surface area contributed by atoms with Crippen LogP contribution in [0.1, 0.15) is 6.42 Å². The van der Waals surface area contributed by atoms with E-state index in [2.05, 4.69) is 20.7 Å². The highest BCUT2D eigenvalue weighted by Crippen LogP contribution is 2.26. The highest BCUT2D eigenvalue weighted by Gasteiger charge is 2.15. The fraction of sp³-hybridized carbons (Fsp3) is 0.400. The van der Waals surface area contributed by atoms with Gasteiger partial charge in [-0.2, -0.15) is 0 Å². The molecule has 1 aromatic rings. The van der Waals surface area contributed by atoms with Crippen molar-refractivity contribution in [1.82, 2.24) is 0 Å². The summed E-state index contributed by atoms with van der Waals surface area (Å²) in [6.45, 7) is 0.340. The summed E-state index contributed by atoms with van der Waals surface area (Å²) >= 11 is 3.10. The molecule has 0 saturated heterocycles. The van der Waals surface area contributed by atoms with E-state index in [4.69, 9.17) is 9.88 Å². The standard InChI is InChI=1S/C10H15BrN2O5S2/c1-18-5-2-6-19(14,15)13-10-4-3-8(7-9(10)11)20(12,16)17/h3-4,7,13H,2,5-6H2,1H3,(H2,12,16,17). The number of ether oxygens (including phenoxy) is 1. The Hall–Kier alpha value is -0.680. The molecule has 114 valence electrons. The number of nitrogens with one attached hydrogen (secondary N) is 1. The average Bonchev–Trinajstić information content (AvgIpc) is 2.30. The lowest BCUT2D eigenvalue weighted by Crippen LogP contribution is -2.18. The Kier molecular flexibility index (Phi) is 5.95. The summed E-state index contributed by atoms with van der Waals surface area (Å²) in [5.41, 5.74) is 0.245. The van der Waals surface area contributed by atoms with Crippen LogP contribution < -0.4 is 9.86 Å². The average molecular weight is 387 g/mol. The van der Waals surface area contributed by atoms with Crippen molar-refractivity contribution in [3.8, 4) is 0 Å². The molecule has 0 aliphatic heterocycles. The summed E-state index contributed by atoms with van der Waals surface area (Å²) in [6, 6.07) is 3.80. The van der Waals surface area contributed by atoms with Gasteiger partial charge in [-0.25, -0.2) is 22.0 Å². The van der Waals surface area contributed by atoms with E-state index >= 15 is 0 Å². The zero-order chi connectivity index (χ0) is 15.4. The zero-order valence-corrected chi connectivity index (χ0v) is 13.9. The van der Waals surface area contributed by atoms with Crippen molar-refractivity contribution < 1.29 is 21.6 Å². The molecule has 10 heteroatoms. The minimum Gasteiger partial charge on any atom is -0.385 e. The molecule has 0 aromatic heterocycles. The largest absolute Gasteiger partial charge is 0.385 e. The number of anilines is 1. The number of nitrogens with two attached hydrogens (primary N) is 1. The highest BCUT2D eigenvalue weighted by molar-refractivity contribution is 9.10. The van der Waals surface area contributed by atoms with Crippen LogP contribution in [0.25, 0.3) is 0 Å². The molecule has 0 amide bonds. The van der Waals surface area contributed by atoms with Crippen LogP contribution in [0.5, 0.6) is 0 Å². The molecular formula is C10H15BrN2O5S2. The minimum absolute atomic E-state index is 0.0930. The monoisotopic (exact) mass is 386 g/mol. The number of halogens is 1. The summed E-state index contributed by atoms with van der Waals surface area (Å²) in [4.78, 5) is -0.105. The first-order valence-corrected chi connectivity index (χ1v) is 9.46. The molecule has 0 radical (unpaired) electrons. The van der Waals surface area contributed by atoms with E-state index in [1.54, 1.807) is 0 Å². The van der Waals surface area contributed by atoms with Crippen LogP contribution in [0.4, 0.5) is 5.69 Å². The van der Waals surface area contributed by atoms with Gasteiger partial charge in [-0.3, -0.25) is 4.72 Å². The molecule has 0 unspecified atom stereocenters. The summed E-state index contributed by atoms with van der Waals surface area (Å²) in [5.74, 6) is -0.0930. The van der Waals surface area contributed by atoms with Gasteiger partial charge < -0.3 is 4.74 Å². The third-order valence-electron chi connectivity index (χ3n) is 2.30. The Morgan fingerprint density at radius 3 is 2.45 bits per heavy atom. The minimum atomic E-state index is -3.83. The van der Waals surface area contributed by atoms with E-state index in [0.717, 1.165) is 0 Å². The zero-order valence-electron chi connectivity index (χ0n) is 10.7. The van der Waals surface area contributed by atoms with Crippen LogP contribution in [0.3, 0.4) is 0 Å². The molecule has 0 aliphatic rings. The van der Waals surface area contributed by atoms with Gasteiger partial charge in [0.2, 0.25) is 20.0 Å². The topological polar surface area (TPSA) is 116 Å². The molecule has 0 aliphatic carbocycles. The number of rotatable bonds is 7. The van der Waals surface area contributed by atoms with Crippen LogP contribution >= 0.6 is 15.9 Å². The normalized spacial score (nSPS) is 12.3. The third-order valence-corrected chi connectivity index (χ3v) is 5.22. The summed E-state index contributed by atoms with van der Waals surface area (Å²) < 4.78 is 53.3. The van der Waals surface area contributed by atoms with Crippen LogP contribution in [0, 0.1) is 0 Å². The maximum absolute atomic E-state index is 11.8. The quantitative estimate of drug-likeness (QED) is 0.674. The molecule has 1 aromatic carbocycles. The van der Waals surface area contributed by atoms with Gasteiger partial charge in [0, 0.05) is 18.2 Å². The lowest BCUT2D eigenvalue weighted by atomic mass is 10.3. The van der Waals surface area contributed by atoms with Gasteiger partial charge in [-0.15, -0.1) is 0 Å². The Morgan fingerprint density at radius 2 is 1.95 bits per heavy atom.